The van der Waals surface area contributed by atoms with Gasteiger partial charge in [0.15, 0.2) is 5.78 Å². The summed E-state index contributed by atoms with van der Waals surface area (Å²) in [7, 11) is 1.30. The van der Waals surface area contributed by atoms with Crippen molar-refractivity contribution in [3.8, 4) is 0 Å². The van der Waals surface area contributed by atoms with Gasteiger partial charge in [-0.2, -0.15) is 0 Å². The van der Waals surface area contributed by atoms with E-state index in [1.807, 2.05) is 19.9 Å². The zero-order valence-electron chi connectivity index (χ0n) is 11.1. The molecule has 0 aliphatic heterocycles. The normalized spacial score (nSPS) is 11.9. The molecule has 0 aliphatic carbocycles. The molecule has 1 heterocycles. The van der Waals surface area contributed by atoms with E-state index < -0.39 is 11.9 Å². The van der Waals surface area contributed by atoms with Crippen LogP contribution >= 0.6 is 0 Å². The summed E-state index contributed by atoms with van der Waals surface area (Å²) in [6, 6.07) is 3.51. The van der Waals surface area contributed by atoms with Gasteiger partial charge in [-0.3, -0.25) is 14.6 Å². The van der Waals surface area contributed by atoms with Crippen molar-refractivity contribution in [2.45, 2.75) is 33.1 Å². The third kappa shape index (κ3) is 3.65. The summed E-state index contributed by atoms with van der Waals surface area (Å²) in [6.45, 7) is 3.90. The lowest BCUT2D eigenvalue weighted by atomic mass is 9.95. The van der Waals surface area contributed by atoms with E-state index in [1.165, 1.54) is 7.11 Å². The maximum absolute atomic E-state index is 12.2. The van der Waals surface area contributed by atoms with E-state index >= 15 is 0 Å². The van der Waals surface area contributed by atoms with Crippen LogP contribution in [-0.2, 0) is 9.53 Å². The highest BCUT2D eigenvalue weighted by molar-refractivity contribution is 6.07. The number of ether oxygens (including phenoxy) is 1. The predicted octanol–water partition coefficient (Wildman–Crippen LogP) is 2.55. The molecular formula is C14H19NO3. The third-order valence-electron chi connectivity index (χ3n) is 2.82. The molecule has 0 fully saturated rings. The second-order valence-electron chi connectivity index (χ2n) is 4.30. The van der Waals surface area contributed by atoms with Crippen LogP contribution < -0.4 is 0 Å². The van der Waals surface area contributed by atoms with Crippen LogP contribution in [0, 0.1) is 12.8 Å². The van der Waals surface area contributed by atoms with Gasteiger partial charge < -0.3 is 4.74 Å². The standard InChI is InChI=1S/C14H19NO3/c1-4-5-6-11(14(17)18-3)13(16)12-9-10(2)7-8-15-12/h7-9,11H,4-6H2,1-3H3. The van der Waals surface area contributed by atoms with E-state index in [0.29, 0.717) is 12.1 Å². The first kappa shape index (κ1) is 14.4. The lowest BCUT2D eigenvalue weighted by molar-refractivity contribution is -0.143. The average Bonchev–Trinajstić information content (AvgIpc) is 2.38. The van der Waals surface area contributed by atoms with Crippen LogP contribution in [0.1, 0.15) is 42.2 Å². The molecule has 0 bridgehead atoms. The SMILES string of the molecule is CCCCC(C(=O)OC)C(=O)c1cc(C)ccn1. The Bertz CT molecular complexity index is 429. The fourth-order valence-corrected chi connectivity index (χ4v) is 1.76. The van der Waals surface area contributed by atoms with Crippen LogP contribution in [0.5, 0.6) is 0 Å². The maximum Gasteiger partial charge on any atom is 0.316 e. The number of carbonyl (C=O) groups excluding carboxylic acids is 2. The lowest BCUT2D eigenvalue weighted by Gasteiger charge is -2.12. The van der Waals surface area contributed by atoms with E-state index in [1.54, 1.807) is 12.3 Å². The Morgan fingerprint density at radius 1 is 1.44 bits per heavy atom. The number of unbranched alkanes of at least 4 members (excludes halogenated alkanes) is 1. The number of ketones is 1. The maximum atomic E-state index is 12.2. The largest absolute Gasteiger partial charge is 0.468 e. The smallest absolute Gasteiger partial charge is 0.316 e. The van der Waals surface area contributed by atoms with Crippen LogP contribution in [0.4, 0.5) is 0 Å². The number of nitrogens with zero attached hydrogens (tertiary/aromatic N) is 1. The zero-order valence-corrected chi connectivity index (χ0v) is 11.1. The molecule has 98 valence electrons. The van der Waals surface area contributed by atoms with Gasteiger partial charge in [0.1, 0.15) is 11.6 Å². The number of aryl methyl sites for hydroxylation is 1. The van der Waals surface area contributed by atoms with Crippen molar-refractivity contribution in [1.29, 1.82) is 0 Å². The Labute approximate surface area is 107 Å². The summed E-state index contributed by atoms with van der Waals surface area (Å²) in [4.78, 5) is 27.9. The molecule has 1 aromatic heterocycles. The molecule has 0 saturated heterocycles. The number of Topliss-reactive ketones (excluding diaryl/α,β-unsaturated/α-hetero) is 1. The van der Waals surface area contributed by atoms with Crippen molar-refractivity contribution in [2.75, 3.05) is 7.11 Å². The van der Waals surface area contributed by atoms with Gasteiger partial charge in [0.05, 0.1) is 7.11 Å². The molecule has 4 nitrogen and oxygen atoms in total. The molecule has 0 amide bonds. The Morgan fingerprint density at radius 3 is 2.72 bits per heavy atom. The average molecular weight is 249 g/mol. The molecule has 1 rings (SSSR count). The number of carbonyl (C=O) groups is 2. The van der Waals surface area contributed by atoms with Gasteiger partial charge >= 0.3 is 5.97 Å². The van der Waals surface area contributed by atoms with Gasteiger partial charge in [-0.25, -0.2) is 0 Å². The van der Waals surface area contributed by atoms with Crippen molar-refractivity contribution < 1.29 is 14.3 Å². The number of hydrogen-bond donors (Lipinski definition) is 0. The predicted molar refractivity (Wildman–Crippen MR) is 68.3 cm³/mol. The number of methoxy groups -OCH3 is 1. The van der Waals surface area contributed by atoms with E-state index in [0.717, 1.165) is 18.4 Å². The minimum atomic E-state index is -0.732. The lowest BCUT2D eigenvalue weighted by Crippen LogP contribution is -2.26. The summed E-state index contributed by atoms with van der Waals surface area (Å²) in [5.74, 6) is -1.46. The quantitative estimate of drug-likeness (QED) is 0.441. The highest BCUT2D eigenvalue weighted by Crippen LogP contribution is 2.16. The molecule has 0 radical (unpaired) electrons. The highest BCUT2D eigenvalue weighted by Gasteiger charge is 2.28. The van der Waals surface area contributed by atoms with Crippen molar-refractivity contribution in [1.82, 2.24) is 4.98 Å². The number of aromatic nitrogens is 1. The number of rotatable bonds is 6. The highest BCUT2D eigenvalue weighted by atomic mass is 16.5. The van der Waals surface area contributed by atoms with Gasteiger partial charge in [-0.15, -0.1) is 0 Å². The molecule has 1 atom stereocenters. The number of pyridine rings is 1. The van der Waals surface area contributed by atoms with Crippen molar-refractivity contribution in [2.24, 2.45) is 5.92 Å². The minimum absolute atomic E-state index is 0.251. The van der Waals surface area contributed by atoms with Crippen LogP contribution in [-0.4, -0.2) is 23.8 Å². The first-order valence-corrected chi connectivity index (χ1v) is 6.14. The summed E-state index contributed by atoms with van der Waals surface area (Å²) in [6.07, 6.45) is 3.84. The monoisotopic (exact) mass is 249 g/mol. The minimum Gasteiger partial charge on any atom is -0.468 e. The van der Waals surface area contributed by atoms with Crippen LogP contribution in [0.15, 0.2) is 18.3 Å². The van der Waals surface area contributed by atoms with Crippen LogP contribution in [0.3, 0.4) is 0 Å². The summed E-state index contributed by atoms with van der Waals surface area (Å²) in [5.41, 5.74) is 1.29. The first-order chi connectivity index (χ1) is 8.60. The molecule has 0 aliphatic rings. The topological polar surface area (TPSA) is 56.3 Å². The van der Waals surface area contributed by atoms with Crippen molar-refractivity contribution in [3.05, 3.63) is 29.6 Å². The van der Waals surface area contributed by atoms with Crippen LogP contribution in [0.2, 0.25) is 0 Å². The van der Waals surface area contributed by atoms with E-state index in [9.17, 15) is 9.59 Å². The van der Waals surface area contributed by atoms with Gasteiger partial charge in [0.25, 0.3) is 0 Å². The Kier molecular flexibility index (Phi) is 5.49. The molecule has 1 unspecified atom stereocenters. The fraction of sp³-hybridized carbons (Fsp3) is 0.500. The molecular weight excluding hydrogens is 230 g/mol. The molecule has 0 saturated carbocycles. The Hall–Kier alpha value is -1.71. The molecule has 0 spiro atoms. The molecule has 4 heteroatoms. The summed E-state index contributed by atoms with van der Waals surface area (Å²) in [5, 5.41) is 0. The Morgan fingerprint density at radius 2 is 2.17 bits per heavy atom. The van der Waals surface area contributed by atoms with E-state index in [-0.39, 0.29) is 5.78 Å². The first-order valence-electron chi connectivity index (χ1n) is 6.14. The fourth-order valence-electron chi connectivity index (χ4n) is 1.76. The molecule has 0 N–H and O–H groups in total. The van der Waals surface area contributed by atoms with Gasteiger partial charge in [-0.1, -0.05) is 19.8 Å². The van der Waals surface area contributed by atoms with E-state index in [2.05, 4.69) is 4.98 Å². The zero-order chi connectivity index (χ0) is 13.5. The Balaban J connectivity index is 2.91. The van der Waals surface area contributed by atoms with Crippen LogP contribution in [0.25, 0.3) is 0 Å². The van der Waals surface area contributed by atoms with Gasteiger partial charge in [0, 0.05) is 6.20 Å². The number of esters is 1. The second-order valence-corrected chi connectivity index (χ2v) is 4.30. The third-order valence-corrected chi connectivity index (χ3v) is 2.82. The molecule has 18 heavy (non-hydrogen) atoms. The van der Waals surface area contributed by atoms with E-state index in [4.69, 9.17) is 4.74 Å². The second kappa shape index (κ2) is 6.89. The number of hydrogen-bond acceptors (Lipinski definition) is 4. The van der Waals surface area contributed by atoms with Crippen molar-refractivity contribution in [3.63, 3.8) is 0 Å². The van der Waals surface area contributed by atoms with Gasteiger partial charge in [-0.05, 0) is 31.0 Å². The molecule has 1 aromatic rings. The summed E-state index contributed by atoms with van der Waals surface area (Å²) >= 11 is 0. The van der Waals surface area contributed by atoms with Crippen molar-refractivity contribution >= 4 is 11.8 Å². The molecule has 0 aromatic carbocycles. The summed E-state index contributed by atoms with van der Waals surface area (Å²) < 4.78 is 4.69. The van der Waals surface area contributed by atoms with Gasteiger partial charge in [0.2, 0.25) is 0 Å².